The molecule has 4 unspecified atom stereocenters. The molecule has 1 aromatic rings. The van der Waals surface area contributed by atoms with E-state index in [0.717, 1.165) is 36.1 Å². The van der Waals surface area contributed by atoms with Crippen LogP contribution in [0.1, 0.15) is 29.9 Å². The minimum absolute atomic E-state index is 0.487. The Balaban J connectivity index is 1.41. The molecule has 4 heterocycles. The highest BCUT2D eigenvalue weighted by molar-refractivity contribution is 5.80. The topological polar surface area (TPSA) is 62.9 Å². The van der Waals surface area contributed by atoms with Crippen LogP contribution in [-0.2, 0) is 11.3 Å². The molecule has 4 atom stereocenters. The lowest BCUT2D eigenvalue weighted by molar-refractivity contribution is 0.0767. The summed E-state index contributed by atoms with van der Waals surface area (Å²) in [7, 11) is 1.86. The zero-order valence-electron chi connectivity index (χ0n) is 13.5. The fourth-order valence-corrected chi connectivity index (χ4v) is 4.39. The van der Waals surface area contributed by atoms with Crippen LogP contribution in [0, 0.1) is 25.7 Å². The van der Waals surface area contributed by atoms with Crippen molar-refractivity contribution in [3.63, 3.8) is 0 Å². The number of likely N-dealkylation sites (tertiary alicyclic amines) is 1. The lowest BCUT2D eigenvalue weighted by Gasteiger charge is -2.23. The minimum atomic E-state index is 0.487. The van der Waals surface area contributed by atoms with Gasteiger partial charge in [0.1, 0.15) is 5.76 Å². The van der Waals surface area contributed by atoms with E-state index in [4.69, 9.17) is 9.26 Å². The summed E-state index contributed by atoms with van der Waals surface area (Å²) in [4.78, 5) is 6.86. The van der Waals surface area contributed by atoms with Crippen LogP contribution in [0.4, 0.5) is 0 Å². The average Bonchev–Trinajstić information content (AvgIpc) is 3.24. The van der Waals surface area contributed by atoms with Crippen molar-refractivity contribution in [2.75, 3.05) is 20.1 Å². The van der Waals surface area contributed by atoms with Crippen LogP contribution in [0.2, 0.25) is 0 Å². The van der Waals surface area contributed by atoms with Gasteiger partial charge in [0.15, 0.2) is 5.96 Å². The summed E-state index contributed by atoms with van der Waals surface area (Å²) in [6.07, 6.45) is 3.46. The van der Waals surface area contributed by atoms with Crippen LogP contribution in [-0.4, -0.2) is 48.4 Å². The lowest BCUT2D eigenvalue weighted by Crippen LogP contribution is -2.41. The molecule has 3 fully saturated rings. The molecule has 0 radical (unpaired) electrons. The number of aliphatic imine (C=N–C) groups is 1. The first kappa shape index (κ1) is 14.1. The molecule has 22 heavy (non-hydrogen) atoms. The predicted molar refractivity (Wildman–Crippen MR) is 82.6 cm³/mol. The Kier molecular flexibility index (Phi) is 3.36. The first-order chi connectivity index (χ1) is 10.7. The Labute approximate surface area is 130 Å². The molecule has 0 aromatic carbocycles. The molecule has 0 amide bonds. The number of nitrogens with zero attached hydrogens (tertiary/aromatic N) is 3. The molecule has 3 aliphatic heterocycles. The van der Waals surface area contributed by atoms with Crippen molar-refractivity contribution in [1.29, 1.82) is 0 Å². The molecule has 0 saturated carbocycles. The molecule has 1 aromatic heterocycles. The van der Waals surface area contributed by atoms with Gasteiger partial charge in [0, 0.05) is 44.1 Å². The summed E-state index contributed by atoms with van der Waals surface area (Å²) >= 11 is 0. The zero-order valence-corrected chi connectivity index (χ0v) is 13.5. The van der Waals surface area contributed by atoms with Gasteiger partial charge < -0.3 is 19.5 Å². The van der Waals surface area contributed by atoms with E-state index in [0.29, 0.717) is 30.6 Å². The number of hydrogen-bond acceptors (Lipinski definition) is 4. The fraction of sp³-hybridized carbons (Fsp3) is 0.750. The summed E-state index contributed by atoms with van der Waals surface area (Å²) in [5.74, 6) is 3.24. The van der Waals surface area contributed by atoms with E-state index in [9.17, 15) is 0 Å². The second-order valence-electron chi connectivity index (χ2n) is 6.73. The number of rotatable bonds is 2. The van der Waals surface area contributed by atoms with Crippen molar-refractivity contribution in [2.45, 2.75) is 45.4 Å². The van der Waals surface area contributed by atoms with Crippen molar-refractivity contribution in [2.24, 2.45) is 16.8 Å². The van der Waals surface area contributed by atoms with Gasteiger partial charge in [0.25, 0.3) is 0 Å². The molecule has 1 N–H and O–H groups in total. The highest BCUT2D eigenvalue weighted by Gasteiger charge is 2.53. The number of fused-ring (bicyclic) bond motifs is 5. The molecule has 6 heteroatoms. The smallest absolute Gasteiger partial charge is 0.193 e. The molecule has 2 bridgehead atoms. The number of nitrogens with one attached hydrogen (secondary N) is 1. The second-order valence-corrected chi connectivity index (χ2v) is 6.73. The second kappa shape index (κ2) is 5.26. The SMILES string of the molecule is CN=C(NCc1c(C)noc1C)N1CC2C3CCC(O3)C2C1. The van der Waals surface area contributed by atoms with Crippen molar-refractivity contribution in [3.8, 4) is 0 Å². The maximum Gasteiger partial charge on any atom is 0.193 e. The van der Waals surface area contributed by atoms with E-state index < -0.39 is 0 Å². The number of guanidine groups is 1. The molecule has 0 aliphatic carbocycles. The third-order valence-corrected chi connectivity index (χ3v) is 5.57. The molecule has 120 valence electrons. The third-order valence-electron chi connectivity index (χ3n) is 5.57. The van der Waals surface area contributed by atoms with E-state index in [-0.39, 0.29) is 0 Å². The Hall–Kier alpha value is -1.56. The van der Waals surface area contributed by atoms with E-state index in [1.807, 2.05) is 20.9 Å². The van der Waals surface area contributed by atoms with E-state index in [1.54, 1.807) is 0 Å². The van der Waals surface area contributed by atoms with Crippen LogP contribution in [0.25, 0.3) is 0 Å². The summed E-state index contributed by atoms with van der Waals surface area (Å²) in [5, 5.41) is 7.48. The molecule has 3 aliphatic rings. The molecular weight excluding hydrogens is 280 g/mol. The van der Waals surface area contributed by atoms with Gasteiger partial charge in [-0.2, -0.15) is 0 Å². The fourth-order valence-electron chi connectivity index (χ4n) is 4.39. The van der Waals surface area contributed by atoms with E-state index in [2.05, 4.69) is 20.4 Å². The quantitative estimate of drug-likeness (QED) is 0.662. The maximum atomic E-state index is 6.04. The van der Waals surface area contributed by atoms with Crippen LogP contribution >= 0.6 is 0 Å². The predicted octanol–water partition coefficient (Wildman–Crippen LogP) is 1.48. The lowest BCUT2D eigenvalue weighted by atomic mass is 9.82. The molecule has 4 rings (SSSR count). The van der Waals surface area contributed by atoms with Gasteiger partial charge in [0.2, 0.25) is 0 Å². The Morgan fingerprint density at radius 3 is 2.50 bits per heavy atom. The zero-order chi connectivity index (χ0) is 15.3. The van der Waals surface area contributed by atoms with Gasteiger partial charge in [-0.3, -0.25) is 4.99 Å². The molecular formula is C16H24N4O2. The number of hydrogen-bond donors (Lipinski definition) is 1. The first-order valence-electron chi connectivity index (χ1n) is 8.20. The Morgan fingerprint density at radius 1 is 1.27 bits per heavy atom. The number of aryl methyl sites for hydroxylation is 2. The largest absolute Gasteiger partial charge is 0.374 e. The van der Waals surface area contributed by atoms with Crippen LogP contribution < -0.4 is 5.32 Å². The molecule has 0 spiro atoms. The Bertz CT molecular complexity index is 559. The van der Waals surface area contributed by atoms with E-state index in [1.165, 1.54) is 12.8 Å². The minimum Gasteiger partial charge on any atom is -0.374 e. The van der Waals surface area contributed by atoms with Crippen molar-refractivity contribution >= 4 is 5.96 Å². The maximum absolute atomic E-state index is 6.04. The van der Waals surface area contributed by atoms with E-state index >= 15 is 0 Å². The number of aromatic nitrogens is 1. The molecule has 3 saturated heterocycles. The van der Waals surface area contributed by atoms with Gasteiger partial charge in [0.05, 0.1) is 17.9 Å². The van der Waals surface area contributed by atoms with Gasteiger partial charge in [-0.25, -0.2) is 0 Å². The van der Waals surface area contributed by atoms with Gasteiger partial charge >= 0.3 is 0 Å². The number of ether oxygens (including phenoxy) is 1. The standard InChI is InChI=1S/C16H24N4O2/c1-9-11(10(2)22-19-9)6-18-16(17-3)20-7-12-13(8-20)15-5-4-14(12)21-15/h12-15H,4-8H2,1-3H3,(H,17,18). The summed E-state index contributed by atoms with van der Waals surface area (Å²) in [5.41, 5.74) is 2.08. The van der Waals surface area contributed by atoms with Crippen molar-refractivity contribution in [1.82, 2.24) is 15.4 Å². The van der Waals surface area contributed by atoms with Gasteiger partial charge in [-0.1, -0.05) is 5.16 Å². The molecule has 6 nitrogen and oxygen atoms in total. The van der Waals surface area contributed by atoms with Crippen LogP contribution in [0.15, 0.2) is 9.52 Å². The van der Waals surface area contributed by atoms with Crippen molar-refractivity contribution < 1.29 is 9.26 Å². The van der Waals surface area contributed by atoms with Gasteiger partial charge in [-0.05, 0) is 26.7 Å². The summed E-state index contributed by atoms with van der Waals surface area (Å²) < 4.78 is 11.3. The monoisotopic (exact) mass is 304 g/mol. The summed E-state index contributed by atoms with van der Waals surface area (Å²) in [6, 6.07) is 0. The highest BCUT2D eigenvalue weighted by Crippen LogP contribution is 2.47. The summed E-state index contributed by atoms with van der Waals surface area (Å²) in [6.45, 7) is 6.77. The van der Waals surface area contributed by atoms with Crippen LogP contribution in [0.5, 0.6) is 0 Å². The van der Waals surface area contributed by atoms with Crippen molar-refractivity contribution in [3.05, 3.63) is 17.0 Å². The Morgan fingerprint density at radius 2 is 1.95 bits per heavy atom. The van der Waals surface area contributed by atoms with Gasteiger partial charge in [-0.15, -0.1) is 0 Å². The third kappa shape index (κ3) is 2.12. The normalized spacial score (nSPS) is 33.6. The first-order valence-corrected chi connectivity index (χ1v) is 8.20. The van der Waals surface area contributed by atoms with Crippen LogP contribution in [0.3, 0.4) is 0 Å². The highest BCUT2D eigenvalue weighted by atomic mass is 16.5. The average molecular weight is 304 g/mol.